The predicted molar refractivity (Wildman–Crippen MR) is 54.9 cm³/mol. The fraction of sp³-hybridized carbons (Fsp3) is 0.444. The lowest BCUT2D eigenvalue weighted by molar-refractivity contribution is 0.199. The highest BCUT2D eigenvalue weighted by Gasteiger charge is 2.03. The van der Waals surface area contributed by atoms with Crippen molar-refractivity contribution in [3.8, 4) is 0 Å². The number of thioether (sulfide) groups is 1. The molecule has 0 aliphatic rings. The van der Waals surface area contributed by atoms with Gasteiger partial charge < -0.3 is 10.4 Å². The van der Waals surface area contributed by atoms with Crippen LogP contribution in [0, 0.1) is 0 Å². The smallest absolute Gasteiger partial charge is 0.0960 e. The van der Waals surface area contributed by atoms with Gasteiger partial charge in [-0.25, -0.2) is 4.98 Å². The van der Waals surface area contributed by atoms with Gasteiger partial charge in [0.1, 0.15) is 0 Å². The van der Waals surface area contributed by atoms with Gasteiger partial charge in [-0.1, -0.05) is 6.07 Å². The molecule has 0 saturated heterocycles. The van der Waals surface area contributed by atoms with E-state index >= 15 is 0 Å². The SMILES string of the molecule is CNCC(O)CSc1ccccn1. The lowest BCUT2D eigenvalue weighted by atomic mass is 10.4. The van der Waals surface area contributed by atoms with Gasteiger partial charge in [-0.15, -0.1) is 11.8 Å². The molecule has 3 nitrogen and oxygen atoms in total. The summed E-state index contributed by atoms with van der Waals surface area (Å²) in [7, 11) is 1.83. The molecule has 13 heavy (non-hydrogen) atoms. The predicted octanol–water partition coefficient (Wildman–Crippen LogP) is 0.754. The van der Waals surface area contributed by atoms with E-state index in [1.165, 1.54) is 0 Å². The van der Waals surface area contributed by atoms with Crippen LogP contribution in [0.1, 0.15) is 0 Å². The van der Waals surface area contributed by atoms with Crippen molar-refractivity contribution in [2.75, 3.05) is 19.3 Å². The molecule has 0 aromatic carbocycles. The summed E-state index contributed by atoms with van der Waals surface area (Å²) in [6, 6.07) is 5.77. The summed E-state index contributed by atoms with van der Waals surface area (Å²) in [6.45, 7) is 0.625. The van der Waals surface area contributed by atoms with Crippen LogP contribution in [0.2, 0.25) is 0 Å². The zero-order valence-corrected chi connectivity index (χ0v) is 8.42. The van der Waals surface area contributed by atoms with E-state index in [1.54, 1.807) is 18.0 Å². The van der Waals surface area contributed by atoms with Crippen LogP contribution in [0.3, 0.4) is 0 Å². The fourth-order valence-electron chi connectivity index (χ4n) is 0.909. The maximum Gasteiger partial charge on any atom is 0.0960 e. The minimum absolute atomic E-state index is 0.308. The van der Waals surface area contributed by atoms with Gasteiger partial charge in [-0.05, 0) is 19.2 Å². The first kappa shape index (κ1) is 10.5. The summed E-state index contributed by atoms with van der Waals surface area (Å²) in [6.07, 6.45) is 1.45. The third kappa shape index (κ3) is 4.26. The Hall–Kier alpha value is -0.580. The zero-order valence-electron chi connectivity index (χ0n) is 7.60. The molecule has 1 aromatic heterocycles. The molecule has 1 unspecified atom stereocenters. The Labute approximate surface area is 82.6 Å². The van der Waals surface area contributed by atoms with Crippen LogP contribution in [0.15, 0.2) is 29.4 Å². The molecule has 4 heteroatoms. The number of nitrogens with zero attached hydrogens (tertiary/aromatic N) is 1. The van der Waals surface area contributed by atoms with E-state index in [1.807, 2.05) is 25.2 Å². The first-order valence-electron chi connectivity index (χ1n) is 4.19. The van der Waals surface area contributed by atoms with E-state index in [4.69, 9.17) is 0 Å². The highest BCUT2D eigenvalue weighted by atomic mass is 32.2. The maximum absolute atomic E-state index is 9.40. The molecule has 1 heterocycles. The van der Waals surface area contributed by atoms with Crippen molar-refractivity contribution in [2.45, 2.75) is 11.1 Å². The van der Waals surface area contributed by atoms with Gasteiger partial charge in [0, 0.05) is 18.5 Å². The molecule has 0 spiro atoms. The van der Waals surface area contributed by atoms with Crippen molar-refractivity contribution in [1.29, 1.82) is 0 Å². The van der Waals surface area contributed by atoms with Gasteiger partial charge in [0.05, 0.1) is 11.1 Å². The number of nitrogens with one attached hydrogen (secondary N) is 1. The van der Waals surface area contributed by atoms with Gasteiger partial charge in [-0.2, -0.15) is 0 Å². The van der Waals surface area contributed by atoms with E-state index in [9.17, 15) is 5.11 Å². The quantitative estimate of drug-likeness (QED) is 0.685. The number of aromatic nitrogens is 1. The standard InChI is InChI=1S/C9H14N2OS/c1-10-6-8(12)7-13-9-4-2-3-5-11-9/h2-5,8,10,12H,6-7H2,1H3. The monoisotopic (exact) mass is 198 g/mol. The normalized spacial score (nSPS) is 12.8. The molecule has 0 fully saturated rings. The molecule has 0 bridgehead atoms. The Bertz CT molecular complexity index is 230. The number of aliphatic hydroxyl groups is 1. The molecule has 0 aliphatic carbocycles. The largest absolute Gasteiger partial charge is 0.391 e. The summed E-state index contributed by atoms with van der Waals surface area (Å²) >= 11 is 1.57. The van der Waals surface area contributed by atoms with E-state index in [0.717, 1.165) is 5.03 Å². The average Bonchev–Trinajstić information content (AvgIpc) is 2.17. The van der Waals surface area contributed by atoms with Gasteiger partial charge in [-0.3, -0.25) is 0 Å². The van der Waals surface area contributed by atoms with Gasteiger partial charge in [0.2, 0.25) is 0 Å². The topological polar surface area (TPSA) is 45.1 Å². The van der Waals surface area contributed by atoms with Crippen LogP contribution in [0.5, 0.6) is 0 Å². The lowest BCUT2D eigenvalue weighted by Gasteiger charge is -2.08. The van der Waals surface area contributed by atoms with Crippen molar-refractivity contribution >= 4 is 11.8 Å². The molecule has 72 valence electrons. The van der Waals surface area contributed by atoms with Gasteiger partial charge >= 0.3 is 0 Å². The molecule has 0 saturated carbocycles. The highest BCUT2D eigenvalue weighted by Crippen LogP contribution is 2.14. The second-order valence-electron chi connectivity index (χ2n) is 2.69. The van der Waals surface area contributed by atoms with Crippen molar-refractivity contribution < 1.29 is 5.11 Å². The van der Waals surface area contributed by atoms with Crippen LogP contribution in [-0.4, -0.2) is 35.5 Å². The van der Waals surface area contributed by atoms with Crippen LogP contribution in [0.4, 0.5) is 0 Å². The summed E-state index contributed by atoms with van der Waals surface area (Å²) in [5.74, 6) is 0.678. The second-order valence-corrected chi connectivity index (χ2v) is 3.73. The Morgan fingerprint density at radius 2 is 2.46 bits per heavy atom. The Kier molecular flexibility index (Phi) is 4.82. The average molecular weight is 198 g/mol. The minimum Gasteiger partial charge on any atom is -0.391 e. The number of likely N-dealkylation sites (N-methyl/N-ethyl adjacent to an activating group) is 1. The van der Waals surface area contributed by atoms with E-state index in [2.05, 4.69) is 10.3 Å². The van der Waals surface area contributed by atoms with Crippen molar-refractivity contribution in [1.82, 2.24) is 10.3 Å². The number of pyridine rings is 1. The highest BCUT2D eigenvalue weighted by molar-refractivity contribution is 7.99. The third-order valence-corrected chi connectivity index (χ3v) is 2.59. The number of rotatable bonds is 5. The molecular formula is C9H14N2OS. The van der Waals surface area contributed by atoms with Crippen LogP contribution >= 0.6 is 11.8 Å². The van der Waals surface area contributed by atoms with E-state index < -0.39 is 0 Å². The van der Waals surface area contributed by atoms with E-state index in [0.29, 0.717) is 12.3 Å². The Morgan fingerprint density at radius 1 is 1.62 bits per heavy atom. The van der Waals surface area contributed by atoms with Crippen LogP contribution < -0.4 is 5.32 Å². The molecule has 1 aromatic rings. The first-order chi connectivity index (χ1) is 6.33. The molecule has 0 amide bonds. The summed E-state index contributed by atoms with van der Waals surface area (Å²) < 4.78 is 0. The second kappa shape index (κ2) is 5.96. The molecule has 1 rings (SSSR count). The number of aliphatic hydroxyl groups excluding tert-OH is 1. The Balaban J connectivity index is 2.27. The molecule has 1 atom stereocenters. The molecule has 0 aliphatic heterocycles. The molecular weight excluding hydrogens is 184 g/mol. The van der Waals surface area contributed by atoms with Gasteiger partial charge in [0.25, 0.3) is 0 Å². The fourth-order valence-corrected chi connectivity index (χ4v) is 1.70. The van der Waals surface area contributed by atoms with Crippen molar-refractivity contribution in [3.63, 3.8) is 0 Å². The van der Waals surface area contributed by atoms with Crippen molar-refractivity contribution in [3.05, 3.63) is 24.4 Å². The summed E-state index contributed by atoms with van der Waals surface area (Å²) in [5.41, 5.74) is 0. The van der Waals surface area contributed by atoms with Crippen LogP contribution in [-0.2, 0) is 0 Å². The van der Waals surface area contributed by atoms with Crippen molar-refractivity contribution in [2.24, 2.45) is 0 Å². The van der Waals surface area contributed by atoms with Crippen LogP contribution in [0.25, 0.3) is 0 Å². The maximum atomic E-state index is 9.40. The van der Waals surface area contributed by atoms with E-state index in [-0.39, 0.29) is 6.10 Å². The molecule has 2 N–H and O–H groups in total. The zero-order chi connectivity index (χ0) is 9.52. The number of hydrogen-bond acceptors (Lipinski definition) is 4. The molecule has 0 radical (unpaired) electrons. The lowest BCUT2D eigenvalue weighted by Crippen LogP contribution is -2.25. The number of hydrogen-bond donors (Lipinski definition) is 2. The Morgan fingerprint density at radius 3 is 3.08 bits per heavy atom. The van der Waals surface area contributed by atoms with Gasteiger partial charge in [0.15, 0.2) is 0 Å². The summed E-state index contributed by atoms with van der Waals surface area (Å²) in [4.78, 5) is 4.14. The first-order valence-corrected chi connectivity index (χ1v) is 5.18. The minimum atomic E-state index is -0.308. The summed E-state index contributed by atoms with van der Waals surface area (Å²) in [5, 5.41) is 13.3. The third-order valence-electron chi connectivity index (χ3n) is 1.50.